The summed E-state index contributed by atoms with van der Waals surface area (Å²) in [7, 11) is 0. The van der Waals surface area contributed by atoms with E-state index < -0.39 is 0 Å². The Labute approximate surface area is 47.6 Å². The summed E-state index contributed by atoms with van der Waals surface area (Å²) in [6, 6.07) is 0. The number of hydrogen-bond donors (Lipinski definition) is 1. The van der Waals surface area contributed by atoms with E-state index in [4.69, 9.17) is 0 Å². The number of hydrogen-bond acceptors (Lipinski definition) is 2. The highest BCUT2D eigenvalue weighted by Gasteiger charge is 2.37. The summed E-state index contributed by atoms with van der Waals surface area (Å²) in [5.41, 5.74) is 2.84. The fraction of sp³-hybridized carbons (Fsp3) is 0.800. The van der Waals surface area contributed by atoms with Gasteiger partial charge >= 0.3 is 0 Å². The molecule has 8 heavy (non-hydrogen) atoms. The first kappa shape index (κ1) is 4.32. The van der Waals surface area contributed by atoms with Gasteiger partial charge < -0.3 is 0 Å². The normalized spacial score (nSPS) is 25.8. The average molecular weight is 112 g/mol. The zero-order chi connectivity index (χ0) is 5.56. The molecule has 0 spiro atoms. The summed E-state index contributed by atoms with van der Waals surface area (Å²) in [5.74, 6) is 0.676. The van der Waals surface area contributed by atoms with E-state index in [1.54, 1.807) is 5.01 Å². The third-order valence-corrected chi connectivity index (χ3v) is 1.51. The van der Waals surface area contributed by atoms with Crippen LogP contribution >= 0.6 is 0 Å². The van der Waals surface area contributed by atoms with Crippen LogP contribution in [0.4, 0.5) is 0 Å². The van der Waals surface area contributed by atoms with Crippen molar-refractivity contribution in [2.45, 2.75) is 12.8 Å². The molecule has 1 saturated carbocycles. The molecule has 0 unspecified atom stereocenters. The SMILES string of the molecule is O=C(C1CC1)N1CN1. The van der Waals surface area contributed by atoms with Crippen molar-refractivity contribution >= 4 is 5.91 Å². The van der Waals surface area contributed by atoms with Gasteiger partial charge in [-0.15, -0.1) is 0 Å². The van der Waals surface area contributed by atoms with E-state index in [-0.39, 0.29) is 0 Å². The van der Waals surface area contributed by atoms with Crippen molar-refractivity contribution in [1.82, 2.24) is 10.4 Å². The summed E-state index contributed by atoms with van der Waals surface area (Å²) in [4.78, 5) is 10.8. The van der Waals surface area contributed by atoms with Gasteiger partial charge in [0, 0.05) is 5.92 Å². The highest BCUT2D eigenvalue weighted by Crippen LogP contribution is 2.31. The van der Waals surface area contributed by atoms with Gasteiger partial charge in [-0.1, -0.05) is 0 Å². The summed E-state index contributed by atoms with van der Waals surface area (Å²) in [5, 5.41) is 1.66. The van der Waals surface area contributed by atoms with Gasteiger partial charge in [0.15, 0.2) is 0 Å². The first-order chi connectivity index (χ1) is 3.88. The van der Waals surface area contributed by atoms with Gasteiger partial charge in [0.2, 0.25) is 5.91 Å². The Bertz CT molecular complexity index is 112. The van der Waals surface area contributed by atoms with E-state index in [0.29, 0.717) is 11.8 Å². The first-order valence-electron chi connectivity index (χ1n) is 2.93. The Morgan fingerprint density at radius 2 is 2.25 bits per heavy atom. The summed E-state index contributed by atoms with van der Waals surface area (Å²) >= 11 is 0. The number of nitrogens with zero attached hydrogens (tertiary/aromatic N) is 1. The van der Waals surface area contributed by atoms with Gasteiger partial charge in [-0.05, 0) is 12.8 Å². The molecule has 0 atom stereocenters. The smallest absolute Gasteiger partial charge is 0.241 e. The average Bonchev–Trinajstić information content (AvgIpc) is 2.63. The number of carbonyl (C=O) groups excluding carboxylic acids is 1. The lowest BCUT2D eigenvalue weighted by Gasteiger charge is -1.91. The maximum atomic E-state index is 10.8. The van der Waals surface area contributed by atoms with E-state index in [9.17, 15) is 4.79 Å². The summed E-state index contributed by atoms with van der Waals surface area (Å²) < 4.78 is 0. The van der Waals surface area contributed by atoms with E-state index in [1.165, 1.54) is 0 Å². The molecule has 3 nitrogen and oxygen atoms in total. The number of amides is 1. The molecule has 1 N–H and O–H groups in total. The van der Waals surface area contributed by atoms with Crippen LogP contribution in [0.25, 0.3) is 0 Å². The Hall–Kier alpha value is -0.570. The van der Waals surface area contributed by atoms with Crippen LogP contribution in [-0.2, 0) is 4.79 Å². The Morgan fingerprint density at radius 1 is 1.62 bits per heavy atom. The zero-order valence-corrected chi connectivity index (χ0v) is 4.55. The molecule has 0 aromatic carbocycles. The van der Waals surface area contributed by atoms with Gasteiger partial charge in [0.25, 0.3) is 0 Å². The molecule has 0 aromatic heterocycles. The van der Waals surface area contributed by atoms with Crippen molar-refractivity contribution in [3.63, 3.8) is 0 Å². The quantitative estimate of drug-likeness (QED) is 0.473. The second-order valence-electron chi connectivity index (χ2n) is 2.36. The van der Waals surface area contributed by atoms with Crippen LogP contribution in [0.3, 0.4) is 0 Å². The van der Waals surface area contributed by atoms with E-state index >= 15 is 0 Å². The highest BCUT2D eigenvalue weighted by atomic mass is 16.2. The van der Waals surface area contributed by atoms with Gasteiger partial charge in [-0.2, -0.15) is 0 Å². The lowest BCUT2D eigenvalue weighted by molar-refractivity contribution is -0.127. The first-order valence-corrected chi connectivity index (χ1v) is 2.93. The van der Waals surface area contributed by atoms with Crippen molar-refractivity contribution in [2.75, 3.05) is 6.67 Å². The standard InChI is InChI=1S/C5H8N2O/c8-5(4-1-2-4)7-3-6-7/h4,6H,1-3H2. The van der Waals surface area contributed by atoms with E-state index in [2.05, 4.69) is 5.43 Å². The molecule has 1 aliphatic heterocycles. The van der Waals surface area contributed by atoms with Crippen LogP contribution in [0.15, 0.2) is 0 Å². The van der Waals surface area contributed by atoms with Crippen molar-refractivity contribution < 1.29 is 4.79 Å². The Balaban J connectivity index is 1.93. The fourth-order valence-corrected chi connectivity index (χ4v) is 0.742. The monoisotopic (exact) mass is 112 g/mol. The number of nitrogens with one attached hydrogen (secondary N) is 1. The van der Waals surface area contributed by atoms with Gasteiger partial charge in [-0.25, -0.2) is 5.43 Å². The topological polar surface area (TPSA) is 42.0 Å². The molecule has 1 aliphatic carbocycles. The molecule has 44 valence electrons. The van der Waals surface area contributed by atoms with Crippen LogP contribution in [-0.4, -0.2) is 17.6 Å². The molecule has 0 radical (unpaired) electrons. The zero-order valence-electron chi connectivity index (χ0n) is 4.55. The molecule has 0 aromatic rings. The molecule has 3 heteroatoms. The Kier molecular flexibility index (Phi) is 0.663. The van der Waals surface area contributed by atoms with E-state index in [0.717, 1.165) is 19.5 Å². The number of carbonyl (C=O) groups is 1. The van der Waals surface area contributed by atoms with Gasteiger partial charge in [-0.3, -0.25) is 9.80 Å². The molecule has 2 aliphatic rings. The largest absolute Gasteiger partial charge is 0.273 e. The molecular weight excluding hydrogens is 104 g/mol. The fourth-order valence-electron chi connectivity index (χ4n) is 0.742. The predicted octanol–water partition coefficient (Wildman–Crippen LogP) is -0.299. The highest BCUT2D eigenvalue weighted by molar-refractivity contribution is 5.81. The van der Waals surface area contributed by atoms with Crippen LogP contribution in [0.2, 0.25) is 0 Å². The third-order valence-electron chi connectivity index (χ3n) is 1.51. The van der Waals surface area contributed by atoms with Gasteiger partial charge in [0.05, 0.1) is 0 Å². The van der Waals surface area contributed by atoms with E-state index in [1.807, 2.05) is 0 Å². The van der Waals surface area contributed by atoms with Crippen molar-refractivity contribution in [2.24, 2.45) is 5.92 Å². The third kappa shape index (κ3) is 0.591. The van der Waals surface area contributed by atoms with Crippen LogP contribution in [0.1, 0.15) is 12.8 Å². The molecular formula is C5H8N2O. The van der Waals surface area contributed by atoms with Gasteiger partial charge in [0.1, 0.15) is 6.67 Å². The minimum Gasteiger partial charge on any atom is -0.273 e. The number of rotatable bonds is 1. The molecule has 2 fully saturated rings. The maximum absolute atomic E-state index is 10.8. The van der Waals surface area contributed by atoms with Crippen LogP contribution in [0, 0.1) is 5.92 Å². The maximum Gasteiger partial charge on any atom is 0.241 e. The minimum absolute atomic E-state index is 0.296. The van der Waals surface area contributed by atoms with Crippen molar-refractivity contribution in [3.05, 3.63) is 0 Å². The van der Waals surface area contributed by atoms with Crippen LogP contribution in [0.5, 0.6) is 0 Å². The second-order valence-corrected chi connectivity index (χ2v) is 2.36. The van der Waals surface area contributed by atoms with Crippen molar-refractivity contribution in [1.29, 1.82) is 0 Å². The predicted molar refractivity (Wildman–Crippen MR) is 27.6 cm³/mol. The minimum atomic E-state index is 0.296. The molecule has 1 amide bonds. The number of hydrazine groups is 1. The Morgan fingerprint density at radius 3 is 2.62 bits per heavy atom. The van der Waals surface area contributed by atoms with Crippen molar-refractivity contribution in [3.8, 4) is 0 Å². The second kappa shape index (κ2) is 1.23. The summed E-state index contributed by atoms with van der Waals surface area (Å²) in [6.45, 7) is 0.773. The molecule has 1 saturated heterocycles. The lowest BCUT2D eigenvalue weighted by Crippen LogP contribution is -2.14. The molecule has 1 heterocycles. The lowest BCUT2D eigenvalue weighted by atomic mass is 10.4. The summed E-state index contributed by atoms with van der Waals surface area (Å²) in [6.07, 6.45) is 2.22. The molecule has 0 bridgehead atoms. The molecule has 2 rings (SSSR count). The van der Waals surface area contributed by atoms with Crippen LogP contribution < -0.4 is 5.43 Å².